The number of likely N-dealkylation sites (tertiary alicyclic amines) is 1. The maximum atomic E-state index is 11.7. The first-order chi connectivity index (χ1) is 13.6. The van der Waals surface area contributed by atoms with Gasteiger partial charge in [0.2, 0.25) is 5.91 Å². The van der Waals surface area contributed by atoms with E-state index in [9.17, 15) is 10.1 Å². The van der Waals surface area contributed by atoms with Crippen molar-refractivity contribution in [1.29, 1.82) is 5.26 Å². The van der Waals surface area contributed by atoms with Gasteiger partial charge in [0.25, 0.3) is 0 Å². The molecular formula is C20H21N7O. The minimum Gasteiger partial charge on any atom is -0.346 e. The Hall–Kier alpha value is -3.21. The lowest BCUT2D eigenvalue weighted by Crippen LogP contribution is -2.35. The number of nitriles is 1. The number of carbonyl (C=O) groups is 1. The van der Waals surface area contributed by atoms with Crippen molar-refractivity contribution in [2.75, 3.05) is 13.1 Å². The SMILES string of the molecule is CC(=O)N1C[C@@H]2CC(CC#N)(n3cc(-c4ncnc5[nH]ccc45)cn3)C[C@@H]2C1. The molecule has 1 saturated heterocycles. The van der Waals surface area contributed by atoms with Crippen LogP contribution in [-0.2, 0) is 10.3 Å². The van der Waals surface area contributed by atoms with Crippen LogP contribution in [0.15, 0.2) is 31.0 Å². The van der Waals surface area contributed by atoms with Gasteiger partial charge in [-0.1, -0.05) is 0 Å². The molecule has 3 atom stereocenters. The van der Waals surface area contributed by atoms with E-state index in [4.69, 9.17) is 0 Å². The summed E-state index contributed by atoms with van der Waals surface area (Å²) in [5.41, 5.74) is 2.25. The Labute approximate surface area is 162 Å². The second-order valence-corrected chi connectivity index (χ2v) is 8.05. The van der Waals surface area contributed by atoms with Crippen LogP contribution in [0.2, 0.25) is 0 Å². The Kier molecular flexibility index (Phi) is 3.72. The lowest BCUT2D eigenvalue weighted by atomic mass is 9.92. The summed E-state index contributed by atoms with van der Waals surface area (Å²) in [5, 5.41) is 15.1. The number of H-pyrrole nitrogens is 1. The van der Waals surface area contributed by atoms with Crippen LogP contribution >= 0.6 is 0 Å². The van der Waals surface area contributed by atoms with Gasteiger partial charge in [0.05, 0.1) is 29.9 Å². The zero-order valence-corrected chi connectivity index (χ0v) is 15.7. The summed E-state index contributed by atoms with van der Waals surface area (Å²) in [4.78, 5) is 25.5. The van der Waals surface area contributed by atoms with E-state index in [1.807, 2.05) is 34.2 Å². The van der Waals surface area contributed by atoms with Gasteiger partial charge in [-0.2, -0.15) is 10.4 Å². The Morgan fingerprint density at radius 1 is 1.36 bits per heavy atom. The Balaban J connectivity index is 1.48. The molecule has 2 fully saturated rings. The number of aromatic nitrogens is 5. The van der Waals surface area contributed by atoms with Gasteiger partial charge in [0, 0.05) is 43.4 Å². The molecule has 4 heterocycles. The Morgan fingerprint density at radius 2 is 2.14 bits per heavy atom. The van der Waals surface area contributed by atoms with Crippen LogP contribution in [-0.4, -0.2) is 48.6 Å². The first kappa shape index (κ1) is 16.9. The van der Waals surface area contributed by atoms with E-state index < -0.39 is 0 Å². The highest BCUT2D eigenvalue weighted by atomic mass is 16.2. The van der Waals surface area contributed by atoms with Crippen molar-refractivity contribution in [2.24, 2.45) is 11.8 Å². The number of hydrogen-bond acceptors (Lipinski definition) is 5. The third-order valence-electron chi connectivity index (χ3n) is 6.41. The average molecular weight is 375 g/mol. The molecule has 0 bridgehead atoms. The van der Waals surface area contributed by atoms with Gasteiger partial charge in [0.1, 0.15) is 12.0 Å². The fourth-order valence-corrected chi connectivity index (χ4v) is 5.08. The first-order valence-electron chi connectivity index (χ1n) is 9.56. The number of hydrogen-bond donors (Lipinski definition) is 1. The van der Waals surface area contributed by atoms with Crippen LogP contribution in [0, 0.1) is 23.2 Å². The highest BCUT2D eigenvalue weighted by Gasteiger charge is 2.51. The molecule has 0 spiro atoms. The summed E-state index contributed by atoms with van der Waals surface area (Å²) < 4.78 is 1.97. The minimum atomic E-state index is -0.310. The van der Waals surface area contributed by atoms with Crippen LogP contribution in [0.1, 0.15) is 26.2 Å². The monoisotopic (exact) mass is 375 g/mol. The maximum Gasteiger partial charge on any atom is 0.219 e. The van der Waals surface area contributed by atoms with E-state index in [0.29, 0.717) is 18.3 Å². The van der Waals surface area contributed by atoms with Crippen LogP contribution in [0.3, 0.4) is 0 Å². The normalized spacial score (nSPS) is 26.5. The average Bonchev–Trinajstić information content (AvgIpc) is 3.43. The number of carbonyl (C=O) groups excluding carboxylic acids is 1. The zero-order valence-electron chi connectivity index (χ0n) is 15.7. The van der Waals surface area contributed by atoms with Crippen molar-refractivity contribution < 1.29 is 4.79 Å². The van der Waals surface area contributed by atoms with Gasteiger partial charge in [-0.25, -0.2) is 9.97 Å². The summed E-state index contributed by atoms with van der Waals surface area (Å²) in [7, 11) is 0. The van der Waals surface area contributed by atoms with Gasteiger partial charge in [-0.15, -0.1) is 0 Å². The zero-order chi connectivity index (χ0) is 19.3. The summed E-state index contributed by atoms with van der Waals surface area (Å²) in [6.45, 7) is 3.21. The molecule has 1 amide bonds. The molecule has 8 nitrogen and oxygen atoms in total. The van der Waals surface area contributed by atoms with Gasteiger partial charge >= 0.3 is 0 Å². The predicted molar refractivity (Wildman–Crippen MR) is 102 cm³/mol. The van der Waals surface area contributed by atoms with Gasteiger partial charge < -0.3 is 9.88 Å². The van der Waals surface area contributed by atoms with Crippen molar-refractivity contribution in [3.05, 3.63) is 31.0 Å². The van der Waals surface area contributed by atoms with E-state index >= 15 is 0 Å². The molecule has 0 aromatic carbocycles. The number of aromatic amines is 1. The van der Waals surface area contributed by atoms with Crippen LogP contribution < -0.4 is 0 Å². The Bertz CT molecular complexity index is 1080. The third-order valence-corrected chi connectivity index (χ3v) is 6.41. The van der Waals surface area contributed by atoms with E-state index in [2.05, 4.69) is 26.1 Å². The second kappa shape index (κ2) is 6.16. The third kappa shape index (κ3) is 2.50. The van der Waals surface area contributed by atoms with Crippen LogP contribution in [0.4, 0.5) is 0 Å². The van der Waals surface area contributed by atoms with E-state index in [1.54, 1.807) is 13.3 Å². The summed E-state index contributed by atoms with van der Waals surface area (Å²) in [6, 6.07) is 4.34. The van der Waals surface area contributed by atoms with Crippen molar-refractivity contribution in [3.63, 3.8) is 0 Å². The van der Waals surface area contributed by atoms with Crippen molar-refractivity contribution in [3.8, 4) is 17.3 Å². The number of nitrogens with zero attached hydrogens (tertiary/aromatic N) is 6. The molecule has 1 aliphatic heterocycles. The fourth-order valence-electron chi connectivity index (χ4n) is 5.08. The predicted octanol–water partition coefficient (Wildman–Crippen LogP) is 2.32. The number of amides is 1. The quantitative estimate of drug-likeness (QED) is 0.757. The van der Waals surface area contributed by atoms with Gasteiger partial charge in [-0.3, -0.25) is 9.48 Å². The molecule has 3 aromatic heterocycles. The fraction of sp³-hybridized carbons (Fsp3) is 0.450. The molecule has 1 N–H and O–H groups in total. The summed E-state index contributed by atoms with van der Waals surface area (Å²) in [5.74, 6) is 1.00. The second-order valence-electron chi connectivity index (χ2n) is 8.05. The number of nitrogens with one attached hydrogen (secondary N) is 1. The van der Waals surface area contributed by atoms with Crippen molar-refractivity contribution in [1.82, 2.24) is 29.6 Å². The number of rotatable bonds is 3. The molecule has 1 saturated carbocycles. The molecule has 3 aromatic rings. The standard InChI is InChI=1S/C20H21N7O/c1-13(28)26-9-14-6-20(3-4-21,7-15(14)10-26)27-11-16(8-25-27)18-17-2-5-22-19(17)24-12-23-18/h2,5,8,11-12,14-15H,3,6-7,9-10H2,1H3,(H,22,23,24)/t14-,15+,20?. The van der Waals surface area contributed by atoms with Gasteiger partial charge in [-0.05, 0) is 30.7 Å². The molecule has 8 heteroatoms. The van der Waals surface area contributed by atoms with Crippen molar-refractivity contribution in [2.45, 2.75) is 31.7 Å². The molecule has 0 radical (unpaired) electrons. The Morgan fingerprint density at radius 3 is 2.86 bits per heavy atom. The smallest absolute Gasteiger partial charge is 0.219 e. The molecule has 1 aliphatic carbocycles. The van der Waals surface area contributed by atoms with E-state index in [0.717, 1.165) is 48.2 Å². The molecule has 28 heavy (non-hydrogen) atoms. The lowest BCUT2D eigenvalue weighted by Gasteiger charge is -2.29. The first-order valence-corrected chi connectivity index (χ1v) is 9.56. The van der Waals surface area contributed by atoms with E-state index in [-0.39, 0.29) is 11.4 Å². The topological polar surface area (TPSA) is 103 Å². The van der Waals surface area contributed by atoms with Crippen molar-refractivity contribution >= 4 is 16.9 Å². The van der Waals surface area contributed by atoms with E-state index in [1.165, 1.54) is 0 Å². The van der Waals surface area contributed by atoms with Gasteiger partial charge in [0.15, 0.2) is 0 Å². The molecular weight excluding hydrogens is 354 g/mol. The maximum absolute atomic E-state index is 11.7. The summed E-state index contributed by atoms with van der Waals surface area (Å²) >= 11 is 0. The molecule has 5 rings (SSSR count). The highest BCUT2D eigenvalue weighted by Crippen LogP contribution is 2.49. The molecule has 142 valence electrons. The lowest BCUT2D eigenvalue weighted by molar-refractivity contribution is -0.128. The number of fused-ring (bicyclic) bond motifs is 2. The minimum absolute atomic E-state index is 0.140. The molecule has 1 unspecified atom stereocenters. The highest BCUT2D eigenvalue weighted by molar-refractivity contribution is 5.90. The molecule has 2 aliphatic rings. The summed E-state index contributed by atoms with van der Waals surface area (Å²) in [6.07, 6.45) is 9.40. The van der Waals surface area contributed by atoms with Crippen LogP contribution in [0.25, 0.3) is 22.3 Å². The largest absolute Gasteiger partial charge is 0.346 e. The van der Waals surface area contributed by atoms with Crippen LogP contribution in [0.5, 0.6) is 0 Å².